The third-order valence-corrected chi connectivity index (χ3v) is 4.34. The molecule has 0 saturated carbocycles. The summed E-state index contributed by atoms with van der Waals surface area (Å²) in [5.41, 5.74) is 2.91. The summed E-state index contributed by atoms with van der Waals surface area (Å²) in [7, 11) is 0. The van der Waals surface area contributed by atoms with Gasteiger partial charge in [0, 0.05) is 11.4 Å². The van der Waals surface area contributed by atoms with E-state index in [0.717, 1.165) is 5.56 Å². The highest BCUT2D eigenvalue weighted by Crippen LogP contribution is 2.36. The molecule has 1 heterocycles. The predicted octanol–water partition coefficient (Wildman–Crippen LogP) is 4.47. The van der Waals surface area contributed by atoms with E-state index in [-0.39, 0.29) is 5.91 Å². The topological polar surface area (TPSA) is 56.1 Å². The zero-order valence-electron chi connectivity index (χ0n) is 13.7. The predicted molar refractivity (Wildman–Crippen MR) is 97.2 cm³/mol. The number of anilines is 2. The Bertz CT molecular complexity index is 1040. The van der Waals surface area contributed by atoms with Crippen LogP contribution < -0.4 is 10.2 Å². The van der Waals surface area contributed by atoms with Gasteiger partial charge in [0.2, 0.25) is 0 Å². The molecule has 0 fully saturated rings. The smallest absolute Gasteiger partial charge is 0.262 e. The SMILES string of the molecule is N#Cc1cccc(C2Nc3ccccc3C(=O)N2c2cccc(F)c2)c1. The highest BCUT2D eigenvalue weighted by Gasteiger charge is 2.34. The zero-order valence-corrected chi connectivity index (χ0v) is 13.7. The molecule has 4 nitrogen and oxygen atoms in total. The number of fused-ring (bicyclic) bond motifs is 1. The molecule has 1 N–H and O–H groups in total. The standard InChI is InChI=1S/C21H14FN3O/c22-16-7-4-8-17(12-16)25-20(15-6-3-5-14(11-15)13-23)24-19-10-2-1-9-18(19)21(25)26/h1-12,20,24H. The lowest BCUT2D eigenvalue weighted by Crippen LogP contribution is -2.43. The minimum atomic E-state index is -0.549. The van der Waals surface area contributed by atoms with Crippen LogP contribution in [-0.4, -0.2) is 5.91 Å². The van der Waals surface area contributed by atoms with E-state index in [1.165, 1.54) is 17.0 Å². The number of hydrogen-bond donors (Lipinski definition) is 1. The van der Waals surface area contributed by atoms with Crippen LogP contribution in [0.4, 0.5) is 15.8 Å². The molecule has 0 aliphatic carbocycles. The lowest BCUT2D eigenvalue weighted by Gasteiger charge is -2.38. The van der Waals surface area contributed by atoms with Gasteiger partial charge in [0.05, 0.1) is 17.2 Å². The molecule has 3 aromatic carbocycles. The Morgan fingerprint density at radius 2 is 1.81 bits per heavy atom. The van der Waals surface area contributed by atoms with Crippen LogP contribution in [0.2, 0.25) is 0 Å². The molecule has 3 aromatic rings. The third-order valence-electron chi connectivity index (χ3n) is 4.34. The Labute approximate surface area is 150 Å². The molecule has 1 unspecified atom stereocenters. The van der Waals surface area contributed by atoms with E-state index in [2.05, 4.69) is 11.4 Å². The molecule has 1 aliphatic heterocycles. The number of carbonyl (C=O) groups is 1. The summed E-state index contributed by atoms with van der Waals surface area (Å²) in [6.45, 7) is 0. The number of para-hydroxylation sites is 1. The quantitative estimate of drug-likeness (QED) is 0.747. The first kappa shape index (κ1) is 15.9. The molecule has 1 aliphatic rings. The van der Waals surface area contributed by atoms with Crippen LogP contribution in [0.1, 0.15) is 27.7 Å². The largest absolute Gasteiger partial charge is 0.360 e. The molecule has 126 valence electrons. The van der Waals surface area contributed by atoms with E-state index < -0.39 is 12.0 Å². The average molecular weight is 343 g/mol. The fourth-order valence-corrected chi connectivity index (χ4v) is 3.16. The van der Waals surface area contributed by atoms with Crippen molar-refractivity contribution in [3.8, 4) is 6.07 Å². The van der Waals surface area contributed by atoms with Crippen molar-refractivity contribution in [2.45, 2.75) is 6.17 Å². The Morgan fingerprint density at radius 3 is 2.62 bits per heavy atom. The van der Waals surface area contributed by atoms with Crippen LogP contribution >= 0.6 is 0 Å². The Kier molecular flexibility index (Phi) is 3.86. The van der Waals surface area contributed by atoms with Gasteiger partial charge in [-0.3, -0.25) is 9.69 Å². The van der Waals surface area contributed by atoms with Crippen molar-refractivity contribution in [1.82, 2.24) is 0 Å². The van der Waals surface area contributed by atoms with Crippen molar-refractivity contribution in [3.05, 3.63) is 95.3 Å². The van der Waals surface area contributed by atoms with E-state index in [1.54, 1.807) is 42.5 Å². The van der Waals surface area contributed by atoms with Crippen molar-refractivity contribution in [3.63, 3.8) is 0 Å². The summed E-state index contributed by atoms with van der Waals surface area (Å²) in [5, 5.41) is 12.5. The Hall–Kier alpha value is -3.65. The highest BCUT2D eigenvalue weighted by molar-refractivity contribution is 6.12. The number of carbonyl (C=O) groups excluding carboxylic acids is 1. The molecule has 1 atom stereocenters. The summed E-state index contributed by atoms with van der Waals surface area (Å²) in [4.78, 5) is 14.7. The van der Waals surface area contributed by atoms with Gasteiger partial charge in [-0.2, -0.15) is 5.26 Å². The van der Waals surface area contributed by atoms with E-state index >= 15 is 0 Å². The van der Waals surface area contributed by atoms with Crippen LogP contribution in [0.25, 0.3) is 0 Å². The number of benzene rings is 3. The molecule has 0 aromatic heterocycles. The number of rotatable bonds is 2. The monoisotopic (exact) mass is 343 g/mol. The van der Waals surface area contributed by atoms with Crippen LogP contribution in [0.5, 0.6) is 0 Å². The van der Waals surface area contributed by atoms with Gasteiger partial charge in [-0.15, -0.1) is 0 Å². The van der Waals surface area contributed by atoms with E-state index in [4.69, 9.17) is 0 Å². The average Bonchev–Trinajstić information content (AvgIpc) is 2.68. The first-order valence-electron chi connectivity index (χ1n) is 8.12. The molecule has 0 saturated heterocycles. The maximum Gasteiger partial charge on any atom is 0.262 e. The van der Waals surface area contributed by atoms with Crippen LogP contribution in [-0.2, 0) is 0 Å². The molecule has 0 bridgehead atoms. The normalized spacial score (nSPS) is 15.8. The van der Waals surface area contributed by atoms with Gasteiger partial charge < -0.3 is 5.32 Å². The van der Waals surface area contributed by atoms with Crippen LogP contribution in [0.15, 0.2) is 72.8 Å². The fourth-order valence-electron chi connectivity index (χ4n) is 3.16. The summed E-state index contributed by atoms with van der Waals surface area (Å²) >= 11 is 0. The van der Waals surface area contributed by atoms with Crippen molar-refractivity contribution in [1.29, 1.82) is 5.26 Å². The number of amides is 1. The molecule has 0 spiro atoms. The maximum absolute atomic E-state index is 13.8. The van der Waals surface area contributed by atoms with Crippen LogP contribution in [0.3, 0.4) is 0 Å². The number of nitriles is 1. The van der Waals surface area contributed by atoms with Gasteiger partial charge in [-0.05, 0) is 48.0 Å². The van der Waals surface area contributed by atoms with Gasteiger partial charge in [-0.25, -0.2) is 4.39 Å². The lowest BCUT2D eigenvalue weighted by atomic mass is 10.0. The van der Waals surface area contributed by atoms with Crippen molar-refractivity contribution >= 4 is 17.3 Å². The molecule has 1 amide bonds. The van der Waals surface area contributed by atoms with E-state index in [9.17, 15) is 14.4 Å². The second-order valence-corrected chi connectivity index (χ2v) is 5.98. The molecular weight excluding hydrogens is 329 g/mol. The second-order valence-electron chi connectivity index (χ2n) is 5.98. The van der Waals surface area contributed by atoms with Gasteiger partial charge in [0.25, 0.3) is 5.91 Å². The van der Waals surface area contributed by atoms with Gasteiger partial charge in [-0.1, -0.05) is 30.3 Å². The van der Waals surface area contributed by atoms with E-state index in [0.29, 0.717) is 22.5 Å². The van der Waals surface area contributed by atoms with Gasteiger partial charge in [0.1, 0.15) is 12.0 Å². The lowest BCUT2D eigenvalue weighted by molar-refractivity contribution is 0.0975. The fraction of sp³-hybridized carbons (Fsp3) is 0.0476. The number of halogens is 1. The molecule has 26 heavy (non-hydrogen) atoms. The second kappa shape index (κ2) is 6.34. The van der Waals surface area contributed by atoms with E-state index in [1.807, 2.05) is 18.2 Å². The molecule has 0 radical (unpaired) electrons. The molecule has 4 rings (SSSR count). The Morgan fingerprint density at radius 1 is 1.00 bits per heavy atom. The molecular formula is C21H14FN3O. The van der Waals surface area contributed by atoms with Gasteiger partial charge >= 0.3 is 0 Å². The van der Waals surface area contributed by atoms with Crippen molar-refractivity contribution in [2.24, 2.45) is 0 Å². The summed E-state index contributed by atoms with van der Waals surface area (Å²) in [5.74, 6) is -0.643. The Balaban J connectivity index is 1.89. The highest BCUT2D eigenvalue weighted by atomic mass is 19.1. The molecule has 5 heteroatoms. The third kappa shape index (κ3) is 2.68. The minimum absolute atomic E-state index is 0.225. The maximum atomic E-state index is 13.8. The minimum Gasteiger partial charge on any atom is -0.360 e. The van der Waals surface area contributed by atoms with Crippen molar-refractivity contribution in [2.75, 3.05) is 10.2 Å². The summed E-state index contributed by atoms with van der Waals surface area (Å²) in [6.07, 6.45) is -0.549. The first-order chi connectivity index (χ1) is 12.7. The van der Waals surface area contributed by atoms with Crippen LogP contribution in [0, 0.1) is 17.1 Å². The van der Waals surface area contributed by atoms with Gasteiger partial charge in [0.15, 0.2) is 0 Å². The number of hydrogen-bond acceptors (Lipinski definition) is 3. The number of nitrogens with one attached hydrogen (secondary N) is 1. The van der Waals surface area contributed by atoms with Crippen molar-refractivity contribution < 1.29 is 9.18 Å². The number of nitrogens with zero attached hydrogens (tertiary/aromatic N) is 2. The first-order valence-corrected chi connectivity index (χ1v) is 8.12. The summed E-state index contributed by atoms with van der Waals surface area (Å²) in [6, 6.07) is 22.3. The summed E-state index contributed by atoms with van der Waals surface area (Å²) < 4.78 is 13.8. The zero-order chi connectivity index (χ0) is 18.1.